The van der Waals surface area contributed by atoms with Gasteiger partial charge in [-0.2, -0.15) is 0 Å². The van der Waals surface area contributed by atoms with Crippen molar-refractivity contribution in [2.75, 3.05) is 19.5 Å². The van der Waals surface area contributed by atoms with Gasteiger partial charge in [-0.05, 0) is 12.1 Å². The molecule has 0 bridgehead atoms. The fraction of sp³-hybridized carbons (Fsp3) is 0.364. The molecule has 2 N–H and O–H groups in total. The fourth-order valence-corrected chi connectivity index (χ4v) is 2.24. The number of rotatable bonds is 6. The Balaban J connectivity index is 3.01. The lowest BCUT2D eigenvalue weighted by Gasteiger charge is -2.08. The van der Waals surface area contributed by atoms with Gasteiger partial charge in [-0.25, -0.2) is 4.79 Å². The summed E-state index contributed by atoms with van der Waals surface area (Å²) in [6, 6.07) is 3.84. The lowest BCUT2D eigenvalue weighted by Crippen LogP contribution is -2.14. The van der Waals surface area contributed by atoms with Crippen LogP contribution in [0.4, 0.5) is 5.69 Å². The van der Waals surface area contributed by atoms with Crippen LogP contribution >= 0.6 is 11.8 Å². The largest absolute Gasteiger partial charge is 0.465 e. The van der Waals surface area contributed by atoms with Crippen molar-refractivity contribution in [3.63, 3.8) is 0 Å². The Hall–Kier alpha value is -1.64. The Morgan fingerprint density at radius 1 is 1.58 bits per heavy atom. The minimum absolute atomic E-state index is 0.0853. The fourth-order valence-electron chi connectivity index (χ4n) is 1.26. The van der Waals surface area contributed by atoms with E-state index in [9.17, 15) is 20.0 Å². The Morgan fingerprint density at radius 3 is 2.79 bits per heavy atom. The zero-order valence-electron chi connectivity index (χ0n) is 10.1. The molecule has 0 fully saturated rings. The molecule has 0 saturated carbocycles. The molecule has 0 aliphatic rings. The molecule has 104 valence electrons. The summed E-state index contributed by atoms with van der Waals surface area (Å²) in [7, 11) is 1.21. The summed E-state index contributed by atoms with van der Waals surface area (Å²) in [6.45, 7) is -0.433. The van der Waals surface area contributed by atoms with Crippen molar-refractivity contribution < 1.29 is 24.7 Å². The highest BCUT2D eigenvalue weighted by Gasteiger charge is 2.18. The number of carbonyl (C=O) groups is 1. The van der Waals surface area contributed by atoms with Crippen molar-refractivity contribution >= 4 is 23.4 Å². The highest BCUT2D eigenvalue weighted by Crippen LogP contribution is 2.30. The number of nitro groups is 1. The minimum atomic E-state index is -0.980. The first kappa shape index (κ1) is 15.4. The van der Waals surface area contributed by atoms with Crippen molar-refractivity contribution in [2.45, 2.75) is 11.0 Å². The van der Waals surface area contributed by atoms with Crippen LogP contribution in [0.3, 0.4) is 0 Å². The molecule has 0 aliphatic heterocycles. The van der Waals surface area contributed by atoms with Crippen molar-refractivity contribution in [2.24, 2.45) is 0 Å². The van der Waals surface area contributed by atoms with Crippen LogP contribution in [-0.4, -0.2) is 46.7 Å². The number of nitro benzene ring substituents is 1. The molecule has 1 aromatic rings. The Morgan fingerprint density at radius 2 is 2.26 bits per heavy atom. The Labute approximate surface area is 113 Å². The second-order valence-corrected chi connectivity index (χ2v) is 4.64. The number of benzene rings is 1. The van der Waals surface area contributed by atoms with Crippen LogP contribution < -0.4 is 0 Å². The lowest BCUT2D eigenvalue weighted by molar-refractivity contribution is -0.387. The van der Waals surface area contributed by atoms with E-state index in [4.69, 9.17) is 5.11 Å². The number of hydrogen-bond donors (Lipinski definition) is 2. The Bertz CT molecular complexity index is 478. The van der Waals surface area contributed by atoms with E-state index in [2.05, 4.69) is 4.74 Å². The van der Waals surface area contributed by atoms with Crippen molar-refractivity contribution in [3.8, 4) is 0 Å². The molecule has 19 heavy (non-hydrogen) atoms. The van der Waals surface area contributed by atoms with E-state index in [-0.39, 0.29) is 21.9 Å². The van der Waals surface area contributed by atoms with Gasteiger partial charge in [-0.1, -0.05) is 0 Å². The van der Waals surface area contributed by atoms with E-state index in [1.165, 1.54) is 25.3 Å². The van der Waals surface area contributed by atoms with Gasteiger partial charge in [-0.15, -0.1) is 11.8 Å². The minimum Gasteiger partial charge on any atom is -0.465 e. The number of aliphatic hydroxyl groups excluding tert-OH is 2. The maximum absolute atomic E-state index is 11.4. The quantitative estimate of drug-likeness (QED) is 0.345. The topological polar surface area (TPSA) is 110 Å². The molecule has 0 saturated heterocycles. The molecule has 0 radical (unpaired) electrons. The third-order valence-corrected chi connectivity index (χ3v) is 3.41. The summed E-state index contributed by atoms with van der Waals surface area (Å²) in [5.74, 6) is -0.512. The number of esters is 1. The van der Waals surface area contributed by atoms with Gasteiger partial charge in [0, 0.05) is 11.8 Å². The van der Waals surface area contributed by atoms with E-state index in [0.29, 0.717) is 0 Å². The molecule has 1 rings (SSSR count). The van der Waals surface area contributed by atoms with Crippen LogP contribution in [0.1, 0.15) is 10.4 Å². The van der Waals surface area contributed by atoms with Gasteiger partial charge in [0.25, 0.3) is 5.69 Å². The second kappa shape index (κ2) is 7.07. The predicted molar refractivity (Wildman–Crippen MR) is 68.3 cm³/mol. The summed E-state index contributed by atoms with van der Waals surface area (Å²) in [5.41, 5.74) is 0.0249. The van der Waals surface area contributed by atoms with Crippen LogP contribution in [0.25, 0.3) is 0 Å². The van der Waals surface area contributed by atoms with Crippen LogP contribution in [0.5, 0.6) is 0 Å². The van der Waals surface area contributed by atoms with E-state index in [1.54, 1.807) is 0 Å². The number of thioether (sulfide) groups is 1. The Kier molecular flexibility index (Phi) is 5.74. The maximum atomic E-state index is 11.4. The van der Waals surface area contributed by atoms with Crippen molar-refractivity contribution in [1.29, 1.82) is 0 Å². The van der Waals surface area contributed by atoms with E-state index >= 15 is 0 Å². The van der Waals surface area contributed by atoms with E-state index < -0.39 is 23.6 Å². The maximum Gasteiger partial charge on any atom is 0.337 e. The molecular formula is C11H13NO6S. The van der Waals surface area contributed by atoms with Gasteiger partial charge in [0.05, 0.1) is 35.2 Å². The second-order valence-electron chi connectivity index (χ2n) is 3.58. The molecule has 0 aromatic heterocycles. The molecule has 1 aromatic carbocycles. The first-order valence-corrected chi connectivity index (χ1v) is 6.26. The number of nitrogens with zero attached hydrogens (tertiary/aromatic N) is 1. The zero-order valence-corrected chi connectivity index (χ0v) is 10.9. The average molecular weight is 287 g/mol. The molecular weight excluding hydrogens is 274 g/mol. The zero-order chi connectivity index (χ0) is 14.4. The van der Waals surface area contributed by atoms with Crippen LogP contribution in [0, 0.1) is 10.1 Å². The van der Waals surface area contributed by atoms with E-state index in [1.807, 2.05) is 0 Å². The third kappa shape index (κ3) is 4.19. The standard InChI is InChI=1S/C11H13NO6S/c1-18-11(15)7-2-3-9(12(16)17)10(4-7)19-6-8(14)5-13/h2-4,8,13-14H,5-6H2,1H3. The van der Waals surface area contributed by atoms with Gasteiger partial charge in [0.15, 0.2) is 0 Å². The van der Waals surface area contributed by atoms with Crippen LogP contribution in [0.15, 0.2) is 23.1 Å². The number of hydrogen-bond acceptors (Lipinski definition) is 7. The normalized spacial score (nSPS) is 11.9. The SMILES string of the molecule is COC(=O)c1ccc([N+](=O)[O-])c(SCC(O)CO)c1. The summed E-state index contributed by atoms with van der Waals surface area (Å²) < 4.78 is 4.53. The number of carbonyl (C=O) groups excluding carboxylic acids is 1. The molecule has 0 amide bonds. The van der Waals surface area contributed by atoms with E-state index in [0.717, 1.165) is 11.8 Å². The molecule has 0 spiro atoms. The highest BCUT2D eigenvalue weighted by molar-refractivity contribution is 7.99. The van der Waals surface area contributed by atoms with Crippen LogP contribution in [-0.2, 0) is 4.74 Å². The highest BCUT2D eigenvalue weighted by atomic mass is 32.2. The smallest absolute Gasteiger partial charge is 0.337 e. The van der Waals surface area contributed by atoms with Crippen molar-refractivity contribution in [1.82, 2.24) is 0 Å². The molecule has 0 heterocycles. The summed E-state index contributed by atoms with van der Waals surface area (Å²) >= 11 is 0.991. The average Bonchev–Trinajstić information content (AvgIpc) is 2.43. The van der Waals surface area contributed by atoms with Gasteiger partial charge in [-0.3, -0.25) is 10.1 Å². The molecule has 8 heteroatoms. The molecule has 1 atom stereocenters. The van der Waals surface area contributed by atoms with Gasteiger partial charge < -0.3 is 14.9 Å². The molecule has 7 nitrogen and oxygen atoms in total. The lowest BCUT2D eigenvalue weighted by atomic mass is 10.2. The number of aliphatic hydroxyl groups is 2. The molecule has 1 unspecified atom stereocenters. The van der Waals surface area contributed by atoms with Gasteiger partial charge in [0.1, 0.15) is 0 Å². The first-order valence-electron chi connectivity index (χ1n) is 5.28. The van der Waals surface area contributed by atoms with Gasteiger partial charge >= 0.3 is 5.97 Å². The summed E-state index contributed by atoms with van der Waals surface area (Å²) in [6.07, 6.45) is -0.980. The third-order valence-electron chi connectivity index (χ3n) is 2.22. The predicted octanol–water partition coefficient (Wildman–Crippen LogP) is 0.827. The number of methoxy groups -OCH3 is 1. The van der Waals surface area contributed by atoms with Crippen LogP contribution in [0.2, 0.25) is 0 Å². The van der Waals surface area contributed by atoms with Gasteiger partial charge in [0.2, 0.25) is 0 Å². The first-order chi connectivity index (χ1) is 8.99. The summed E-state index contributed by atoms with van der Waals surface area (Å²) in [4.78, 5) is 21.9. The van der Waals surface area contributed by atoms with Crippen molar-refractivity contribution in [3.05, 3.63) is 33.9 Å². The summed E-state index contributed by atoms with van der Waals surface area (Å²) in [5, 5.41) is 28.8. The monoisotopic (exact) mass is 287 g/mol. The number of ether oxygens (including phenoxy) is 1. The molecule has 0 aliphatic carbocycles.